The van der Waals surface area contributed by atoms with Crippen LogP contribution in [-0.2, 0) is 16.1 Å². The molecule has 0 bridgehead atoms. The number of amides is 2. The fourth-order valence-electron chi connectivity index (χ4n) is 3.01. The van der Waals surface area contributed by atoms with E-state index in [9.17, 15) is 9.59 Å². The average molecular weight is 324 g/mol. The molecule has 1 aromatic rings. The molecule has 0 aromatic heterocycles. The van der Waals surface area contributed by atoms with E-state index in [-0.39, 0.29) is 36.3 Å². The topological polar surface area (TPSA) is 61.4 Å². The lowest BCUT2D eigenvalue weighted by Crippen LogP contribution is -2.48. The van der Waals surface area contributed by atoms with Gasteiger partial charge in [-0.15, -0.1) is 12.4 Å². The largest absolute Gasteiger partial charge is 0.343 e. The number of rotatable bonds is 4. The molecule has 120 valence electrons. The smallest absolute Gasteiger partial charge is 0.245 e. The van der Waals surface area contributed by atoms with Crippen LogP contribution >= 0.6 is 12.4 Å². The Morgan fingerprint density at radius 1 is 1.27 bits per heavy atom. The number of carbonyl (C=O) groups excluding carboxylic acids is 2. The highest BCUT2D eigenvalue weighted by atomic mass is 35.5. The summed E-state index contributed by atoms with van der Waals surface area (Å²) in [4.78, 5) is 26.2. The Bertz CT molecular complexity index is 517. The van der Waals surface area contributed by atoms with E-state index in [0.717, 1.165) is 24.9 Å². The summed E-state index contributed by atoms with van der Waals surface area (Å²) < 4.78 is 0. The minimum absolute atomic E-state index is 0. The van der Waals surface area contributed by atoms with Gasteiger partial charge in [0.05, 0.1) is 6.04 Å². The van der Waals surface area contributed by atoms with E-state index >= 15 is 0 Å². The quantitative estimate of drug-likeness (QED) is 0.871. The highest BCUT2D eigenvalue weighted by Crippen LogP contribution is 2.16. The van der Waals surface area contributed by atoms with Crippen molar-refractivity contribution in [3.63, 3.8) is 0 Å². The first-order chi connectivity index (χ1) is 10.2. The zero-order chi connectivity index (χ0) is 14.7. The lowest BCUT2D eigenvalue weighted by atomic mass is 10.2. The Hall–Kier alpha value is -1.59. The van der Waals surface area contributed by atoms with E-state index in [1.54, 1.807) is 0 Å². The van der Waals surface area contributed by atoms with Crippen LogP contribution in [0.1, 0.15) is 24.8 Å². The maximum absolute atomic E-state index is 12.4. The molecule has 0 aliphatic carbocycles. The molecule has 0 saturated carbocycles. The Balaban J connectivity index is 0.00000176. The van der Waals surface area contributed by atoms with Crippen molar-refractivity contribution in [1.29, 1.82) is 0 Å². The number of benzene rings is 1. The zero-order valence-corrected chi connectivity index (χ0v) is 13.3. The van der Waals surface area contributed by atoms with E-state index in [4.69, 9.17) is 0 Å². The minimum atomic E-state index is -0.358. The molecule has 1 aromatic carbocycles. The maximum atomic E-state index is 12.4. The molecule has 0 spiro atoms. The second-order valence-electron chi connectivity index (χ2n) is 5.74. The molecule has 2 atom stereocenters. The summed E-state index contributed by atoms with van der Waals surface area (Å²) in [7, 11) is 0. The van der Waals surface area contributed by atoms with Gasteiger partial charge in [-0.25, -0.2) is 0 Å². The van der Waals surface area contributed by atoms with Crippen LogP contribution in [0.4, 0.5) is 0 Å². The van der Waals surface area contributed by atoms with Crippen molar-refractivity contribution in [2.45, 2.75) is 37.9 Å². The Kier molecular flexibility index (Phi) is 5.80. The van der Waals surface area contributed by atoms with Gasteiger partial charge in [-0.3, -0.25) is 9.59 Å². The molecule has 2 unspecified atom stereocenters. The number of hydrogen-bond donors (Lipinski definition) is 2. The zero-order valence-electron chi connectivity index (χ0n) is 12.5. The SMILES string of the molecule is Cl.O=C(NC1CCN(Cc2ccccc2)C1=O)C1CCCN1. The fourth-order valence-corrected chi connectivity index (χ4v) is 3.01. The maximum Gasteiger partial charge on any atom is 0.245 e. The summed E-state index contributed by atoms with van der Waals surface area (Å²) in [5.41, 5.74) is 1.12. The molecule has 2 saturated heterocycles. The van der Waals surface area contributed by atoms with Crippen LogP contribution in [-0.4, -0.2) is 41.9 Å². The standard InChI is InChI=1S/C16H21N3O2.ClH/c20-15(13-7-4-9-17-13)18-14-8-10-19(16(14)21)11-12-5-2-1-3-6-12;/h1-3,5-6,13-14,17H,4,7-11H2,(H,18,20);1H. The summed E-state index contributed by atoms with van der Waals surface area (Å²) in [6.45, 7) is 2.21. The number of likely N-dealkylation sites (tertiary alicyclic amines) is 1. The number of nitrogens with one attached hydrogen (secondary N) is 2. The molecular formula is C16H22ClN3O2. The fraction of sp³-hybridized carbons (Fsp3) is 0.500. The lowest BCUT2D eigenvalue weighted by Gasteiger charge is -2.18. The van der Waals surface area contributed by atoms with Gasteiger partial charge < -0.3 is 15.5 Å². The molecule has 2 amide bonds. The Labute approximate surface area is 136 Å². The molecular weight excluding hydrogens is 302 g/mol. The van der Waals surface area contributed by atoms with Gasteiger partial charge in [-0.1, -0.05) is 30.3 Å². The van der Waals surface area contributed by atoms with Crippen LogP contribution in [0.2, 0.25) is 0 Å². The first kappa shape index (κ1) is 16.8. The first-order valence-electron chi connectivity index (χ1n) is 7.60. The van der Waals surface area contributed by atoms with Gasteiger partial charge in [0, 0.05) is 13.1 Å². The van der Waals surface area contributed by atoms with Gasteiger partial charge in [0.15, 0.2) is 0 Å². The van der Waals surface area contributed by atoms with Crippen molar-refractivity contribution in [2.24, 2.45) is 0 Å². The molecule has 2 N–H and O–H groups in total. The van der Waals surface area contributed by atoms with E-state index in [2.05, 4.69) is 10.6 Å². The molecule has 0 radical (unpaired) electrons. The molecule has 3 rings (SSSR count). The van der Waals surface area contributed by atoms with Crippen molar-refractivity contribution in [3.8, 4) is 0 Å². The van der Waals surface area contributed by atoms with Gasteiger partial charge in [-0.05, 0) is 31.4 Å². The first-order valence-corrected chi connectivity index (χ1v) is 7.60. The summed E-state index contributed by atoms with van der Waals surface area (Å²) in [5.74, 6) is -0.00221. The third kappa shape index (κ3) is 3.78. The summed E-state index contributed by atoms with van der Waals surface area (Å²) in [6, 6.07) is 9.46. The van der Waals surface area contributed by atoms with E-state index < -0.39 is 0 Å². The average Bonchev–Trinajstić information content (AvgIpc) is 3.14. The van der Waals surface area contributed by atoms with Crippen molar-refractivity contribution < 1.29 is 9.59 Å². The number of hydrogen-bond acceptors (Lipinski definition) is 3. The molecule has 2 aliphatic heterocycles. The Morgan fingerprint density at radius 3 is 2.73 bits per heavy atom. The number of halogens is 1. The predicted molar refractivity (Wildman–Crippen MR) is 86.7 cm³/mol. The third-order valence-electron chi connectivity index (χ3n) is 4.21. The van der Waals surface area contributed by atoms with Crippen LogP contribution in [0.15, 0.2) is 30.3 Å². The van der Waals surface area contributed by atoms with E-state index in [1.807, 2.05) is 35.2 Å². The normalized spacial score (nSPS) is 24.2. The number of nitrogens with zero attached hydrogens (tertiary/aromatic N) is 1. The van der Waals surface area contributed by atoms with Gasteiger partial charge in [0.1, 0.15) is 6.04 Å². The molecule has 2 heterocycles. The highest BCUT2D eigenvalue weighted by molar-refractivity contribution is 5.91. The molecule has 2 aliphatic rings. The molecule has 5 nitrogen and oxygen atoms in total. The highest BCUT2D eigenvalue weighted by Gasteiger charge is 2.34. The van der Waals surface area contributed by atoms with E-state index in [0.29, 0.717) is 19.5 Å². The monoisotopic (exact) mass is 323 g/mol. The third-order valence-corrected chi connectivity index (χ3v) is 4.21. The Morgan fingerprint density at radius 2 is 2.05 bits per heavy atom. The van der Waals surface area contributed by atoms with Crippen molar-refractivity contribution in [3.05, 3.63) is 35.9 Å². The summed E-state index contributed by atoms with van der Waals surface area (Å²) in [6.07, 6.45) is 2.58. The van der Waals surface area contributed by atoms with E-state index in [1.165, 1.54) is 0 Å². The number of carbonyl (C=O) groups is 2. The van der Waals surface area contributed by atoms with Gasteiger partial charge in [-0.2, -0.15) is 0 Å². The molecule has 6 heteroatoms. The van der Waals surface area contributed by atoms with Crippen molar-refractivity contribution in [2.75, 3.05) is 13.1 Å². The second kappa shape index (κ2) is 7.61. The molecule has 22 heavy (non-hydrogen) atoms. The minimum Gasteiger partial charge on any atom is -0.343 e. The van der Waals surface area contributed by atoms with Crippen LogP contribution < -0.4 is 10.6 Å². The van der Waals surface area contributed by atoms with Gasteiger partial charge >= 0.3 is 0 Å². The van der Waals surface area contributed by atoms with Gasteiger partial charge in [0.25, 0.3) is 0 Å². The summed E-state index contributed by atoms with van der Waals surface area (Å²) >= 11 is 0. The molecule has 2 fully saturated rings. The lowest BCUT2D eigenvalue weighted by molar-refractivity contribution is -0.133. The van der Waals surface area contributed by atoms with Gasteiger partial charge in [0.2, 0.25) is 11.8 Å². The van der Waals surface area contributed by atoms with Crippen LogP contribution in [0.5, 0.6) is 0 Å². The van der Waals surface area contributed by atoms with Crippen molar-refractivity contribution in [1.82, 2.24) is 15.5 Å². The van der Waals surface area contributed by atoms with Crippen molar-refractivity contribution >= 4 is 24.2 Å². The summed E-state index contributed by atoms with van der Waals surface area (Å²) in [5, 5.41) is 6.05. The second-order valence-corrected chi connectivity index (χ2v) is 5.74. The van der Waals surface area contributed by atoms with Crippen LogP contribution in [0.3, 0.4) is 0 Å². The van der Waals surface area contributed by atoms with Crippen LogP contribution in [0, 0.1) is 0 Å². The predicted octanol–water partition coefficient (Wildman–Crippen LogP) is 1.08. The van der Waals surface area contributed by atoms with Crippen LogP contribution in [0.25, 0.3) is 0 Å².